The van der Waals surface area contributed by atoms with Crippen molar-refractivity contribution < 1.29 is 9.21 Å². The average molecular weight is 264 g/mol. The molecule has 0 aliphatic carbocycles. The third-order valence-corrected chi connectivity index (χ3v) is 3.83. The molecule has 1 aromatic heterocycles. The maximum atomic E-state index is 11.9. The zero-order valence-electron chi connectivity index (χ0n) is 12.1. The molecule has 1 aliphatic heterocycles. The number of hydrogen-bond donors (Lipinski definition) is 1. The minimum Gasteiger partial charge on any atom is -0.472 e. The van der Waals surface area contributed by atoms with E-state index in [-0.39, 0.29) is 11.8 Å². The molecule has 1 amide bonds. The number of piperidine rings is 1. The quantitative estimate of drug-likeness (QED) is 0.909. The number of nitrogens with one attached hydrogen (secondary N) is 1. The fraction of sp³-hybridized carbons (Fsp3) is 0.667. The summed E-state index contributed by atoms with van der Waals surface area (Å²) in [6, 6.07) is 2.78. The Morgan fingerprint density at radius 2 is 2.05 bits per heavy atom. The van der Waals surface area contributed by atoms with Crippen molar-refractivity contribution in [3.63, 3.8) is 0 Å². The van der Waals surface area contributed by atoms with Gasteiger partial charge in [-0.3, -0.25) is 4.79 Å². The maximum Gasteiger partial charge on any atom is 0.225 e. The molecular weight excluding hydrogens is 240 g/mol. The summed E-state index contributed by atoms with van der Waals surface area (Å²) in [6.45, 7) is 7.82. The third kappa shape index (κ3) is 3.60. The van der Waals surface area contributed by atoms with E-state index in [1.54, 1.807) is 12.5 Å². The zero-order valence-corrected chi connectivity index (χ0v) is 12.1. The fourth-order valence-electron chi connectivity index (χ4n) is 2.60. The molecule has 0 radical (unpaired) electrons. The van der Waals surface area contributed by atoms with Gasteiger partial charge in [0.25, 0.3) is 0 Å². The van der Waals surface area contributed by atoms with Crippen LogP contribution in [0.15, 0.2) is 23.0 Å². The van der Waals surface area contributed by atoms with Crippen molar-refractivity contribution >= 4 is 5.91 Å². The molecule has 2 rings (SSSR count). The van der Waals surface area contributed by atoms with Gasteiger partial charge in [-0.05, 0) is 25.8 Å². The van der Waals surface area contributed by atoms with Gasteiger partial charge in [0.1, 0.15) is 0 Å². The topological polar surface area (TPSA) is 45.5 Å². The summed E-state index contributed by atoms with van der Waals surface area (Å²) in [7, 11) is 0. The molecule has 1 atom stereocenters. The molecule has 2 heterocycles. The van der Waals surface area contributed by atoms with Crippen molar-refractivity contribution in [1.29, 1.82) is 0 Å². The summed E-state index contributed by atoms with van der Waals surface area (Å²) >= 11 is 0. The zero-order chi connectivity index (χ0) is 13.8. The predicted molar refractivity (Wildman–Crippen MR) is 74.7 cm³/mol. The highest BCUT2D eigenvalue weighted by Gasteiger charge is 2.25. The van der Waals surface area contributed by atoms with Gasteiger partial charge in [-0.1, -0.05) is 13.8 Å². The molecule has 106 valence electrons. The molecule has 4 heteroatoms. The van der Waals surface area contributed by atoms with Crippen LogP contribution < -0.4 is 5.32 Å². The van der Waals surface area contributed by atoms with Crippen LogP contribution in [0.4, 0.5) is 0 Å². The normalized spacial score (nSPS) is 18.8. The molecule has 0 aromatic carbocycles. The van der Waals surface area contributed by atoms with E-state index in [0.29, 0.717) is 12.1 Å². The van der Waals surface area contributed by atoms with Crippen molar-refractivity contribution in [3.8, 4) is 0 Å². The van der Waals surface area contributed by atoms with Gasteiger partial charge in [-0.15, -0.1) is 0 Å². The predicted octanol–water partition coefficient (Wildman–Crippen LogP) is 2.58. The molecule has 1 aromatic rings. The number of amides is 1. The SMILES string of the molecule is CC(C)C(=O)N1CCC(NC(C)c2ccoc2)CC1. The van der Waals surface area contributed by atoms with Crippen molar-refractivity contribution in [2.75, 3.05) is 13.1 Å². The maximum absolute atomic E-state index is 11.9. The third-order valence-electron chi connectivity index (χ3n) is 3.83. The summed E-state index contributed by atoms with van der Waals surface area (Å²) in [5.41, 5.74) is 1.18. The standard InChI is InChI=1S/C15H24N2O2/c1-11(2)15(18)17-7-4-14(5-8-17)16-12(3)13-6-9-19-10-13/h6,9-12,14,16H,4-5,7-8H2,1-3H3. The van der Waals surface area contributed by atoms with Crippen molar-refractivity contribution in [3.05, 3.63) is 24.2 Å². The van der Waals surface area contributed by atoms with Gasteiger partial charge in [0.2, 0.25) is 5.91 Å². The Labute approximate surface area is 115 Å². The van der Waals surface area contributed by atoms with Gasteiger partial charge >= 0.3 is 0 Å². The first-order chi connectivity index (χ1) is 9.08. The second kappa shape index (κ2) is 6.24. The fourth-order valence-corrected chi connectivity index (χ4v) is 2.60. The highest BCUT2D eigenvalue weighted by atomic mass is 16.3. The van der Waals surface area contributed by atoms with Crippen LogP contribution in [0.3, 0.4) is 0 Å². The number of rotatable bonds is 4. The van der Waals surface area contributed by atoms with Crippen molar-refractivity contribution in [2.45, 2.75) is 45.7 Å². The first-order valence-electron chi connectivity index (χ1n) is 7.15. The van der Waals surface area contributed by atoms with Crippen LogP contribution in [0, 0.1) is 5.92 Å². The molecule has 0 saturated carbocycles. The van der Waals surface area contributed by atoms with E-state index in [1.807, 2.05) is 24.8 Å². The van der Waals surface area contributed by atoms with Gasteiger partial charge in [0, 0.05) is 36.7 Å². The van der Waals surface area contributed by atoms with E-state index < -0.39 is 0 Å². The van der Waals surface area contributed by atoms with Gasteiger partial charge in [-0.25, -0.2) is 0 Å². The molecule has 1 N–H and O–H groups in total. The van der Waals surface area contributed by atoms with E-state index in [2.05, 4.69) is 12.2 Å². The summed E-state index contributed by atoms with van der Waals surface area (Å²) < 4.78 is 5.11. The van der Waals surface area contributed by atoms with Crippen LogP contribution in [-0.2, 0) is 4.79 Å². The summed E-state index contributed by atoms with van der Waals surface area (Å²) in [4.78, 5) is 13.9. The van der Waals surface area contributed by atoms with E-state index in [9.17, 15) is 4.79 Å². The lowest BCUT2D eigenvalue weighted by Gasteiger charge is -2.34. The van der Waals surface area contributed by atoms with Crippen LogP contribution >= 0.6 is 0 Å². The van der Waals surface area contributed by atoms with Crippen molar-refractivity contribution in [1.82, 2.24) is 10.2 Å². The molecule has 0 bridgehead atoms. The van der Waals surface area contributed by atoms with E-state index in [1.165, 1.54) is 5.56 Å². The Kier molecular flexibility index (Phi) is 4.64. The monoisotopic (exact) mass is 264 g/mol. The van der Waals surface area contributed by atoms with E-state index >= 15 is 0 Å². The summed E-state index contributed by atoms with van der Waals surface area (Å²) in [5.74, 6) is 0.385. The highest BCUT2D eigenvalue weighted by molar-refractivity contribution is 5.78. The minimum absolute atomic E-state index is 0.106. The Balaban J connectivity index is 1.79. The van der Waals surface area contributed by atoms with E-state index in [0.717, 1.165) is 25.9 Å². The lowest BCUT2D eigenvalue weighted by molar-refractivity contribution is -0.135. The Morgan fingerprint density at radius 1 is 1.37 bits per heavy atom. The number of likely N-dealkylation sites (tertiary alicyclic amines) is 1. The lowest BCUT2D eigenvalue weighted by Crippen LogP contribution is -2.46. The summed E-state index contributed by atoms with van der Waals surface area (Å²) in [6.07, 6.45) is 5.55. The first kappa shape index (κ1) is 14.1. The van der Waals surface area contributed by atoms with Crippen LogP contribution in [0.1, 0.15) is 45.2 Å². The van der Waals surface area contributed by atoms with E-state index in [4.69, 9.17) is 4.42 Å². The number of carbonyl (C=O) groups excluding carboxylic acids is 1. The highest BCUT2D eigenvalue weighted by Crippen LogP contribution is 2.18. The molecule has 0 spiro atoms. The van der Waals surface area contributed by atoms with Gasteiger partial charge in [-0.2, -0.15) is 0 Å². The number of carbonyl (C=O) groups is 1. The second-order valence-corrected chi connectivity index (χ2v) is 5.70. The molecule has 1 saturated heterocycles. The molecule has 1 unspecified atom stereocenters. The Bertz CT molecular complexity index is 392. The average Bonchev–Trinajstić information content (AvgIpc) is 2.92. The molecule has 4 nitrogen and oxygen atoms in total. The Hall–Kier alpha value is -1.29. The Morgan fingerprint density at radius 3 is 2.58 bits per heavy atom. The summed E-state index contributed by atoms with van der Waals surface area (Å²) in [5, 5.41) is 3.61. The molecule has 1 aliphatic rings. The lowest BCUT2D eigenvalue weighted by atomic mass is 10.0. The minimum atomic E-state index is 0.106. The second-order valence-electron chi connectivity index (χ2n) is 5.70. The number of hydrogen-bond acceptors (Lipinski definition) is 3. The molecule has 19 heavy (non-hydrogen) atoms. The number of furan rings is 1. The molecule has 1 fully saturated rings. The van der Waals surface area contributed by atoms with Crippen LogP contribution in [0.25, 0.3) is 0 Å². The first-order valence-corrected chi connectivity index (χ1v) is 7.15. The smallest absolute Gasteiger partial charge is 0.225 e. The van der Waals surface area contributed by atoms with Crippen LogP contribution in [0.2, 0.25) is 0 Å². The number of nitrogens with zero attached hydrogens (tertiary/aromatic N) is 1. The van der Waals surface area contributed by atoms with Gasteiger partial charge < -0.3 is 14.6 Å². The van der Waals surface area contributed by atoms with Crippen LogP contribution in [-0.4, -0.2) is 29.9 Å². The largest absolute Gasteiger partial charge is 0.472 e. The molecular formula is C15H24N2O2. The van der Waals surface area contributed by atoms with Crippen LogP contribution in [0.5, 0.6) is 0 Å². The van der Waals surface area contributed by atoms with Gasteiger partial charge in [0.05, 0.1) is 12.5 Å². The van der Waals surface area contributed by atoms with Crippen molar-refractivity contribution in [2.24, 2.45) is 5.92 Å². The van der Waals surface area contributed by atoms with Gasteiger partial charge in [0.15, 0.2) is 0 Å².